The number of benzene rings is 1. The number of piperidine rings is 1. The van der Waals surface area contributed by atoms with Gasteiger partial charge < -0.3 is 19.5 Å². The molecule has 3 aliphatic heterocycles. The lowest BCUT2D eigenvalue weighted by atomic mass is 9.99. The molecule has 1 aromatic carbocycles. The predicted molar refractivity (Wildman–Crippen MR) is 150 cm³/mol. The number of hydrogen-bond donors (Lipinski definition) is 1. The lowest BCUT2D eigenvalue weighted by Crippen LogP contribution is -2.49. The van der Waals surface area contributed by atoms with Crippen molar-refractivity contribution in [3.05, 3.63) is 78.4 Å². The highest BCUT2D eigenvalue weighted by Gasteiger charge is 2.32. The topological polar surface area (TPSA) is 72.9 Å². The first kappa shape index (κ1) is 23.4. The number of aliphatic imine (C=N–C) groups is 1. The molecule has 2 fully saturated rings. The lowest BCUT2D eigenvalue weighted by Gasteiger charge is -2.42. The fraction of sp³-hybridized carbons (Fsp3) is 0.367. The second-order valence-corrected chi connectivity index (χ2v) is 10.4. The molecule has 0 saturated carbocycles. The second kappa shape index (κ2) is 10.2. The number of H-pyrrole nitrogens is 1. The summed E-state index contributed by atoms with van der Waals surface area (Å²) >= 11 is 0. The summed E-state index contributed by atoms with van der Waals surface area (Å²) in [5.41, 5.74) is 6.93. The zero-order chi connectivity index (χ0) is 25.3. The minimum atomic E-state index is 0.456. The van der Waals surface area contributed by atoms with Gasteiger partial charge in [0.15, 0.2) is 0 Å². The summed E-state index contributed by atoms with van der Waals surface area (Å²) in [5, 5.41) is 1.20. The number of fused-ring (bicyclic) bond motifs is 2. The molecular formula is C30H33N7O. The molecule has 0 spiro atoms. The average molecular weight is 508 g/mol. The van der Waals surface area contributed by atoms with Crippen LogP contribution in [0.1, 0.15) is 24.0 Å². The van der Waals surface area contributed by atoms with Gasteiger partial charge in [0.25, 0.3) is 0 Å². The van der Waals surface area contributed by atoms with E-state index in [0.29, 0.717) is 12.7 Å². The number of likely N-dealkylation sites (tertiary alicyclic amines) is 1. The SMILES string of the molecule is c1cncc(CN2CCC(N3CN=C(N4CCOCC4)c4cc(-c5ccc6[nH]ccc6c5)ncc43)CC2)c1. The van der Waals surface area contributed by atoms with Crippen molar-refractivity contribution >= 4 is 22.4 Å². The quantitative estimate of drug-likeness (QED) is 0.448. The normalized spacial score (nSPS) is 19.0. The van der Waals surface area contributed by atoms with E-state index in [1.54, 1.807) is 0 Å². The third-order valence-electron chi connectivity index (χ3n) is 8.09. The highest BCUT2D eigenvalue weighted by atomic mass is 16.5. The summed E-state index contributed by atoms with van der Waals surface area (Å²) in [4.78, 5) is 25.1. The van der Waals surface area contributed by atoms with E-state index in [2.05, 4.69) is 67.3 Å². The third-order valence-corrected chi connectivity index (χ3v) is 8.09. The maximum atomic E-state index is 5.64. The molecule has 2 saturated heterocycles. The Morgan fingerprint density at radius 1 is 0.974 bits per heavy atom. The van der Waals surface area contributed by atoms with Gasteiger partial charge in [0.1, 0.15) is 12.5 Å². The Balaban J connectivity index is 1.16. The molecule has 7 rings (SSSR count). The Kier molecular flexibility index (Phi) is 6.27. The fourth-order valence-electron chi connectivity index (χ4n) is 6.03. The first-order chi connectivity index (χ1) is 18.8. The number of ether oxygens (including phenoxy) is 1. The molecule has 8 nitrogen and oxygen atoms in total. The van der Waals surface area contributed by atoms with E-state index < -0.39 is 0 Å². The molecule has 4 aromatic rings. The van der Waals surface area contributed by atoms with Crippen LogP contribution in [0.4, 0.5) is 5.69 Å². The highest BCUT2D eigenvalue weighted by molar-refractivity contribution is 6.05. The molecule has 0 bridgehead atoms. The van der Waals surface area contributed by atoms with Crippen LogP contribution in [0.3, 0.4) is 0 Å². The van der Waals surface area contributed by atoms with Gasteiger partial charge in [-0.2, -0.15) is 0 Å². The first-order valence-electron chi connectivity index (χ1n) is 13.6. The molecule has 38 heavy (non-hydrogen) atoms. The number of nitrogens with one attached hydrogen (secondary N) is 1. The van der Waals surface area contributed by atoms with E-state index in [-0.39, 0.29) is 0 Å². The van der Waals surface area contributed by atoms with Gasteiger partial charge in [-0.3, -0.25) is 14.9 Å². The van der Waals surface area contributed by atoms with Crippen molar-refractivity contribution in [1.29, 1.82) is 0 Å². The Morgan fingerprint density at radius 2 is 1.87 bits per heavy atom. The summed E-state index contributed by atoms with van der Waals surface area (Å²) in [7, 11) is 0. The van der Waals surface area contributed by atoms with Crippen LogP contribution in [0.5, 0.6) is 0 Å². The summed E-state index contributed by atoms with van der Waals surface area (Å²) in [5.74, 6) is 1.08. The van der Waals surface area contributed by atoms with E-state index in [4.69, 9.17) is 14.7 Å². The van der Waals surface area contributed by atoms with Gasteiger partial charge in [-0.05, 0) is 48.7 Å². The number of nitrogens with zero attached hydrogens (tertiary/aromatic N) is 6. The minimum Gasteiger partial charge on any atom is -0.378 e. The summed E-state index contributed by atoms with van der Waals surface area (Å²) in [6.45, 7) is 7.04. The van der Waals surface area contributed by atoms with Crippen molar-refractivity contribution in [3.8, 4) is 11.3 Å². The molecule has 0 aliphatic carbocycles. The van der Waals surface area contributed by atoms with Crippen molar-refractivity contribution in [3.63, 3.8) is 0 Å². The fourth-order valence-corrected chi connectivity index (χ4v) is 6.03. The molecule has 0 unspecified atom stereocenters. The van der Waals surface area contributed by atoms with E-state index >= 15 is 0 Å². The average Bonchev–Trinajstić information content (AvgIpc) is 3.46. The van der Waals surface area contributed by atoms with Gasteiger partial charge >= 0.3 is 0 Å². The number of hydrogen-bond acceptors (Lipinski definition) is 7. The number of morpholine rings is 1. The number of anilines is 1. The Labute approximate surface area is 223 Å². The van der Waals surface area contributed by atoms with E-state index in [1.165, 1.54) is 22.2 Å². The van der Waals surface area contributed by atoms with Crippen molar-refractivity contribution in [2.45, 2.75) is 25.4 Å². The number of aromatic nitrogens is 3. The molecule has 8 heteroatoms. The van der Waals surface area contributed by atoms with E-state index in [1.807, 2.05) is 24.7 Å². The zero-order valence-corrected chi connectivity index (χ0v) is 21.6. The van der Waals surface area contributed by atoms with Crippen LogP contribution in [0.25, 0.3) is 22.2 Å². The van der Waals surface area contributed by atoms with Gasteiger partial charge in [-0.15, -0.1) is 0 Å². The molecular weight excluding hydrogens is 474 g/mol. The second-order valence-electron chi connectivity index (χ2n) is 10.4. The molecule has 0 atom stereocenters. The smallest absolute Gasteiger partial charge is 0.135 e. The van der Waals surface area contributed by atoms with Crippen LogP contribution in [0, 0.1) is 0 Å². The van der Waals surface area contributed by atoms with Crippen molar-refractivity contribution in [2.24, 2.45) is 4.99 Å². The first-order valence-corrected chi connectivity index (χ1v) is 13.6. The van der Waals surface area contributed by atoms with E-state index in [9.17, 15) is 0 Å². The molecule has 0 amide bonds. The largest absolute Gasteiger partial charge is 0.378 e. The van der Waals surface area contributed by atoms with Gasteiger partial charge in [-0.1, -0.05) is 12.1 Å². The van der Waals surface area contributed by atoms with Crippen molar-refractivity contribution in [2.75, 3.05) is 51.0 Å². The number of amidine groups is 1. The maximum Gasteiger partial charge on any atom is 0.135 e. The molecule has 1 N–H and O–H groups in total. The van der Waals surface area contributed by atoms with Gasteiger partial charge in [0, 0.05) is 79.4 Å². The van der Waals surface area contributed by atoms with Crippen molar-refractivity contribution < 1.29 is 4.74 Å². The number of aromatic amines is 1. The Bertz CT molecular complexity index is 1440. The Morgan fingerprint density at radius 3 is 2.71 bits per heavy atom. The molecule has 194 valence electrons. The van der Waals surface area contributed by atoms with Crippen LogP contribution in [0.15, 0.2) is 72.2 Å². The van der Waals surface area contributed by atoms with Crippen LogP contribution >= 0.6 is 0 Å². The maximum absolute atomic E-state index is 5.64. The number of pyridine rings is 2. The summed E-state index contributed by atoms with van der Waals surface area (Å²) in [6.07, 6.45) is 10.1. The molecule has 0 radical (unpaired) electrons. The third kappa shape index (κ3) is 4.54. The molecule has 6 heterocycles. The Hall–Kier alpha value is -3.75. The standard InChI is InChI=1S/C30H33N7O/c1-2-22(18-31-8-1)20-35-10-6-25(7-11-35)37-21-34-30(36-12-14-38-15-13-36)26-17-28(33-19-29(26)37)23-3-4-27-24(16-23)5-9-32-27/h1-5,8-9,16-19,25,32H,6-7,10-15,20-21H2. The van der Waals surface area contributed by atoms with Crippen LogP contribution in [-0.4, -0.2) is 82.7 Å². The molecule has 3 aromatic heterocycles. The van der Waals surface area contributed by atoms with Gasteiger partial charge in [0.2, 0.25) is 0 Å². The van der Waals surface area contributed by atoms with Gasteiger partial charge in [0.05, 0.1) is 30.8 Å². The zero-order valence-electron chi connectivity index (χ0n) is 21.6. The monoisotopic (exact) mass is 507 g/mol. The van der Waals surface area contributed by atoms with Gasteiger partial charge in [-0.25, -0.2) is 4.99 Å². The lowest BCUT2D eigenvalue weighted by molar-refractivity contribution is 0.0681. The predicted octanol–water partition coefficient (Wildman–Crippen LogP) is 4.15. The number of rotatable bonds is 4. The van der Waals surface area contributed by atoms with Crippen LogP contribution in [-0.2, 0) is 11.3 Å². The van der Waals surface area contributed by atoms with Crippen molar-refractivity contribution in [1.82, 2.24) is 24.8 Å². The summed E-state index contributed by atoms with van der Waals surface area (Å²) in [6, 6.07) is 15.5. The van der Waals surface area contributed by atoms with E-state index in [0.717, 1.165) is 81.4 Å². The van der Waals surface area contributed by atoms with Crippen LogP contribution in [0.2, 0.25) is 0 Å². The minimum absolute atomic E-state index is 0.456. The van der Waals surface area contributed by atoms with Crippen LogP contribution < -0.4 is 4.90 Å². The highest BCUT2D eigenvalue weighted by Crippen LogP contribution is 2.34. The summed E-state index contributed by atoms with van der Waals surface area (Å²) < 4.78 is 5.64. The molecule has 3 aliphatic rings.